The number of carboxylic acids is 1. The summed E-state index contributed by atoms with van der Waals surface area (Å²) in [6.07, 6.45) is 0.0699. The monoisotopic (exact) mass is 229 g/mol. The molecule has 0 amide bonds. The van der Waals surface area contributed by atoms with Gasteiger partial charge in [0.15, 0.2) is 0 Å². The summed E-state index contributed by atoms with van der Waals surface area (Å²) in [5.41, 5.74) is 2.90. The van der Waals surface area contributed by atoms with Crippen molar-refractivity contribution in [3.63, 3.8) is 0 Å². The van der Waals surface area contributed by atoms with Crippen LogP contribution in [0.15, 0.2) is 12.2 Å². The summed E-state index contributed by atoms with van der Waals surface area (Å²) in [7, 11) is 0. The van der Waals surface area contributed by atoms with Crippen molar-refractivity contribution < 1.29 is 19.4 Å². The van der Waals surface area contributed by atoms with Crippen LogP contribution in [0.3, 0.4) is 0 Å². The largest absolute Gasteiger partial charge is 0.480 e. The predicted molar refractivity (Wildman–Crippen MR) is 59.8 cm³/mol. The van der Waals surface area contributed by atoms with E-state index in [0.29, 0.717) is 0 Å². The molecule has 0 aromatic heterocycles. The molecule has 0 aliphatic rings. The van der Waals surface area contributed by atoms with Crippen LogP contribution in [-0.4, -0.2) is 28.2 Å². The van der Waals surface area contributed by atoms with Gasteiger partial charge in [0, 0.05) is 0 Å². The van der Waals surface area contributed by atoms with E-state index in [0.717, 1.165) is 0 Å². The molecule has 0 radical (unpaired) electrons. The SMILES string of the molecule is C=C(C(=O)OC(C)(C)C)C(N)(CC)C(=O)O. The summed E-state index contributed by atoms with van der Waals surface area (Å²) < 4.78 is 5.02. The average molecular weight is 229 g/mol. The van der Waals surface area contributed by atoms with Crippen molar-refractivity contribution in [2.24, 2.45) is 5.73 Å². The Bertz CT molecular complexity index is 316. The molecule has 0 fully saturated rings. The summed E-state index contributed by atoms with van der Waals surface area (Å²) in [5.74, 6) is -2.06. The fourth-order valence-corrected chi connectivity index (χ4v) is 1.02. The molecule has 1 atom stereocenters. The number of carbonyl (C=O) groups is 2. The molecule has 0 bridgehead atoms. The molecule has 0 aliphatic heterocycles. The van der Waals surface area contributed by atoms with E-state index >= 15 is 0 Å². The zero-order valence-electron chi connectivity index (χ0n) is 10.2. The van der Waals surface area contributed by atoms with Crippen LogP contribution in [-0.2, 0) is 14.3 Å². The molecule has 16 heavy (non-hydrogen) atoms. The van der Waals surface area contributed by atoms with Gasteiger partial charge in [-0.2, -0.15) is 0 Å². The second kappa shape index (κ2) is 4.65. The molecular weight excluding hydrogens is 210 g/mol. The van der Waals surface area contributed by atoms with Crippen LogP contribution < -0.4 is 5.73 Å². The van der Waals surface area contributed by atoms with Gasteiger partial charge in [-0.15, -0.1) is 0 Å². The standard InChI is InChI=1S/C11H19NO4/c1-6-11(12,9(14)15)7(2)8(13)16-10(3,4)5/h2,6,12H2,1,3-5H3,(H,14,15). The number of carboxylic acid groups (broad SMARTS) is 1. The average Bonchev–Trinajstić information content (AvgIpc) is 2.12. The third-order valence-corrected chi connectivity index (χ3v) is 2.12. The van der Waals surface area contributed by atoms with Gasteiger partial charge in [-0.05, 0) is 27.2 Å². The fraction of sp³-hybridized carbons (Fsp3) is 0.636. The maximum Gasteiger partial charge on any atom is 0.336 e. The first-order valence-corrected chi connectivity index (χ1v) is 4.99. The maximum absolute atomic E-state index is 11.6. The van der Waals surface area contributed by atoms with Crippen LogP contribution in [0.2, 0.25) is 0 Å². The van der Waals surface area contributed by atoms with Crippen molar-refractivity contribution >= 4 is 11.9 Å². The van der Waals surface area contributed by atoms with Gasteiger partial charge in [-0.25, -0.2) is 9.59 Å². The minimum Gasteiger partial charge on any atom is -0.480 e. The number of carbonyl (C=O) groups excluding carboxylic acids is 1. The number of nitrogens with two attached hydrogens (primary N) is 1. The lowest BCUT2D eigenvalue weighted by atomic mass is 9.89. The zero-order chi connectivity index (χ0) is 13.1. The molecule has 0 rings (SSSR count). The molecule has 0 saturated heterocycles. The quantitative estimate of drug-likeness (QED) is 0.556. The Morgan fingerprint density at radius 3 is 2.06 bits per heavy atom. The maximum atomic E-state index is 11.6. The van der Waals surface area contributed by atoms with Crippen molar-refractivity contribution in [3.05, 3.63) is 12.2 Å². The lowest BCUT2D eigenvalue weighted by Gasteiger charge is -2.27. The van der Waals surface area contributed by atoms with Gasteiger partial charge in [0.1, 0.15) is 11.1 Å². The van der Waals surface area contributed by atoms with Gasteiger partial charge in [0.2, 0.25) is 0 Å². The molecular formula is C11H19NO4. The number of ether oxygens (including phenoxy) is 1. The summed E-state index contributed by atoms with van der Waals surface area (Å²) in [6, 6.07) is 0. The van der Waals surface area contributed by atoms with E-state index < -0.39 is 23.1 Å². The molecule has 92 valence electrons. The second-order valence-corrected chi connectivity index (χ2v) is 4.61. The van der Waals surface area contributed by atoms with E-state index in [-0.39, 0.29) is 12.0 Å². The highest BCUT2D eigenvalue weighted by molar-refractivity contribution is 5.99. The van der Waals surface area contributed by atoms with Gasteiger partial charge in [0.05, 0.1) is 5.57 Å². The first kappa shape index (κ1) is 14.6. The van der Waals surface area contributed by atoms with Gasteiger partial charge in [-0.1, -0.05) is 13.5 Å². The van der Waals surface area contributed by atoms with Gasteiger partial charge < -0.3 is 15.6 Å². The fourth-order valence-electron chi connectivity index (χ4n) is 1.02. The van der Waals surface area contributed by atoms with E-state index in [9.17, 15) is 9.59 Å². The normalized spacial score (nSPS) is 15.1. The highest BCUT2D eigenvalue weighted by atomic mass is 16.6. The van der Waals surface area contributed by atoms with E-state index in [1.807, 2.05) is 0 Å². The summed E-state index contributed by atoms with van der Waals surface area (Å²) in [6.45, 7) is 10.0. The third kappa shape index (κ3) is 3.34. The third-order valence-electron chi connectivity index (χ3n) is 2.12. The van der Waals surface area contributed by atoms with Crippen LogP contribution in [0, 0.1) is 0 Å². The Morgan fingerprint density at radius 1 is 1.38 bits per heavy atom. The van der Waals surface area contributed by atoms with Gasteiger partial charge in [-0.3, -0.25) is 0 Å². The Hall–Kier alpha value is -1.36. The Morgan fingerprint density at radius 2 is 1.81 bits per heavy atom. The highest BCUT2D eigenvalue weighted by Crippen LogP contribution is 2.20. The molecule has 1 unspecified atom stereocenters. The first-order chi connectivity index (χ1) is 7.04. The van der Waals surface area contributed by atoms with Crippen molar-refractivity contribution in [2.45, 2.75) is 45.3 Å². The van der Waals surface area contributed by atoms with Crippen molar-refractivity contribution in [2.75, 3.05) is 0 Å². The van der Waals surface area contributed by atoms with Crippen molar-refractivity contribution in [1.82, 2.24) is 0 Å². The number of hydrogen-bond acceptors (Lipinski definition) is 4. The molecule has 0 aromatic carbocycles. The summed E-state index contributed by atoms with van der Waals surface area (Å²) in [4.78, 5) is 22.6. The van der Waals surface area contributed by atoms with Crippen LogP contribution in [0.5, 0.6) is 0 Å². The van der Waals surface area contributed by atoms with Crippen LogP contribution >= 0.6 is 0 Å². The lowest BCUT2D eigenvalue weighted by Crippen LogP contribution is -2.51. The summed E-state index contributed by atoms with van der Waals surface area (Å²) in [5, 5.41) is 8.96. The molecule has 0 spiro atoms. The smallest absolute Gasteiger partial charge is 0.336 e. The van der Waals surface area contributed by atoms with E-state index in [1.54, 1.807) is 27.7 Å². The number of esters is 1. The minimum atomic E-state index is -1.76. The molecule has 5 heteroatoms. The second-order valence-electron chi connectivity index (χ2n) is 4.61. The van der Waals surface area contributed by atoms with E-state index in [4.69, 9.17) is 15.6 Å². The summed E-state index contributed by atoms with van der Waals surface area (Å²) >= 11 is 0. The highest BCUT2D eigenvalue weighted by Gasteiger charge is 2.40. The van der Waals surface area contributed by atoms with Gasteiger partial charge >= 0.3 is 11.9 Å². The minimum absolute atomic E-state index is 0.0699. The van der Waals surface area contributed by atoms with Crippen LogP contribution in [0.1, 0.15) is 34.1 Å². The first-order valence-electron chi connectivity index (χ1n) is 4.99. The molecule has 0 aliphatic carbocycles. The number of rotatable bonds is 4. The number of aliphatic carboxylic acids is 1. The lowest BCUT2D eigenvalue weighted by molar-refractivity contribution is -0.154. The van der Waals surface area contributed by atoms with Crippen molar-refractivity contribution in [3.8, 4) is 0 Å². The molecule has 0 saturated carbocycles. The zero-order valence-corrected chi connectivity index (χ0v) is 10.2. The van der Waals surface area contributed by atoms with Crippen LogP contribution in [0.25, 0.3) is 0 Å². The molecule has 5 nitrogen and oxygen atoms in total. The molecule has 0 heterocycles. The van der Waals surface area contributed by atoms with Crippen LogP contribution in [0.4, 0.5) is 0 Å². The van der Waals surface area contributed by atoms with E-state index in [2.05, 4.69) is 6.58 Å². The van der Waals surface area contributed by atoms with Crippen molar-refractivity contribution in [1.29, 1.82) is 0 Å². The Kier molecular flexibility index (Phi) is 4.26. The van der Waals surface area contributed by atoms with E-state index in [1.165, 1.54) is 0 Å². The Labute approximate surface area is 95.3 Å². The topological polar surface area (TPSA) is 89.6 Å². The Balaban J connectivity index is 4.92. The molecule has 3 N–H and O–H groups in total. The number of hydrogen-bond donors (Lipinski definition) is 2. The van der Waals surface area contributed by atoms with Gasteiger partial charge in [0.25, 0.3) is 0 Å². The molecule has 0 aromatic rings. The predicted octanol–water partition coefficient (Wildman–Crippen LogP) is 1.08.